The second kappa shape index (κ2) is 4.96. The molecule has 8 heteroatoms. The van der Waals surface area contributed by atoms with Crippen LogP contribution in [0.4, 0.5) is 5.69 Å². The summed E-state index contributed by atoms with van der Waals surface area (Å²) >= 11 is 0.987. The van der Waals surface area contributed by atoms with Crippen LogP contribution in [0, 0.1) is 0 Å². The third-order valence-electron chi connectivity index (χ3n) is 2.13. The fourth-order valence-corrected chi connectivity index (χ4v) is 1.95. The third-order valence-corrected chi connectivity index (χ3v) is 2.97. The van der Waals surface area contributed by atoms with Crippen LogP contribution in [0.2, 0.25) is 0 Å². The molecule has 2 N–H and O–H groups in total. The molecule has 0 aromatic carbocycles. The molecule has 0 saturated heterocycles. The largest absolute Gasteiger partial charge is 0.476 e. The van der Waals surface area contributed by atoms with Gasteiger partial charge in [0, 0.05) is 18.1 Å². The summed E-state index contributed by atoms with van der Waals surface area (Å²) in [5, 5.41) is 16.7. The maximum Gasteiger partial charge on any atom is 0.355 e. The van der Waals surface area contributed by atoms with E-state index in [0.717, 1.165) is 11.3 Å². The molecule has 0 unspecified atom stereocenters. The summed E-state index contributed by atoms with van der Waals surface area (Å²) < 4.78 is 1.67. The van der Waals surface area contributed by atoms with Crippen molar-refractivity contribution in [3.8, 4) is 0 Å². The Morgan fingerprint density at radius 1 is 1.56 bits per heavy atom. The zero-order chi connectivity index (χ0) is 13.1. The van der Waals surface area contributed by atoms with Crippen LogP contribution in [-0.2, 0) is 6.54 Å². The Labute approximate surface area is 106 Å². The van der Waals surface area contributed by atoms with Crippen molar-refractivity contribution < 1.29 is 14.7 Å². The first-order valence-electron chi connectivity index (χ1n) is 5.12. The number of carboxylic acids is 1. The number of aryl methyl sites for hydroxylation is 1. The van der Waals surface area contributed by atoms with Crippen molar-refractivity contribution in [1.29, 1.82) is 0 Å². The van der Waals surface area contributed by atoms with Crippen LogP contribution in [0.3, 0.4) is 0 Å². The number of hydrogen-bond donors (Lipinski definition) is 2. The molecule has 0 aliphatic carbocycles. The summed E-state index contributed by atoms with van der Waals surface area (Å²) in [5.74, 6) is -1.59. The van der Waals surface area contributed by atoms with E-state index in [1.807, 2.05) is 6.92 Å². The average Bonchev–Trinajstić information content (AvgIpc) is 2.97. The van der Waals surface area contributed by atoms with E-state index in [2.05, 4.69) is 15.4 Å². The van der Waals surface area contributed by atoms with Crippen molar-refractivity contribution in [1.82, 2.24) is 14.8 Å². The Hall–Kier alpha value is -2.22. The summed E-state index contributed by atoms with van der Waals surface area (Å²) in [6.07, 6.45) is 3.21. The van der Waals surface area contributed by atoms with Gasteiger partial charge < -0.3 is 10.4 Å². The lowest BCUT2D eigenvalue weighted by molar-refractivity contribution is 0.0691. The van der Waals surface area contributed by atoms with Gasteiger partial charge in [-0.1, -0.05) is 0 Å². The lowest BCUT2D eigenvalue weighted by atomic mass is 10.5. The van der Waals surface area contributed by atoms with Crippen molar-refractivity contribution in [2.24, 2.45) is 0 Å². The fraction of sp³-hybridized carbons (Fsp3) is 0.200. The molecule has 0 atom stereocenters. The van der Waals surface area contributed by atoms with Crippen LogP contribution in [0.15, 0.2) is 17.8 Å². The fourth-order valence-electron chi connectivity index (χ4n) is 1.26. The van der Waals surface area contributed by atoms with E-state index in [0.29, 0.717) is 12.2 Å². The van der Waals surface area contributed by atoms with Gasteiger partial charge in [-0.05, 0) is 6.92 Å². The van der Waals surface area contributed by atoms with Gasteiger partial charge in [-0.2, -0.15) is 5.10 Å². The van der Waals surface area contributed by atoms with Gasteiger partial charge in [0.2, 0.25) is 0 Å². The molecular weight excluding hydrogens is 256 g/mol. The number of aromatic nitrogens is 3. The minimum Gasteiger partial charge on any atom is -0.476 e. The lowest BCUT2D eigenvalue weighted by Crippen LogP contribution is -2.11. The van der Waals surface area contributed by atoms with Crippen molar-refractivity contribution in [2.45, 2.75) is 13.5 Å². The highest BCUT2D eigenvalue weighted by Gasteiger charge is 2.15. The van der Waals surface area contributed by atoms with Crippen LogP contribution in [0.5, 0.6) is 0 Å². The highest BCUT2D eigenvalue weighted by Crippen LogP contribution is 2.13. The maximum atomic E-state index is 11.8. The van der Waals surface area contributed by atoms with Crippen molar-refractivity contribution in [3.05, 3.63) is 28.5 Å². The van der Waals surface area contributed by atoms with Gasteiger partial charge >= 0.3 is 5.97 Å². The molecule has 7 nitrogen and oxygen atoms in total. The molecule has 2 aromatic heterocycles. The smallest absolute Gasteiger partial charge is 0.355 e. The van der Waals surface area contributed by atoms with E-state index in [-0.39, 0.29) is 10.7 Å². The number of aromatic carboxylic acids is 1. The summed E-state index contributed by atoms with van der Waals surface area (Å²) in [5.41, 5.74) is 0.420. The summed E-state index contributed by atoms with van der Waals surface area (Å²) in [6.45, 7) is 2.63. The Morgan fingerprint density at radius 2 is 2.33 bits per heavy atom. The predicted octanol–water partition coefficient (Wildman–Crippen LogP) is 1.31. The summed E-state index contributed by atoms with van der Waals surface area (Å²) in [6, 6.07) is 0. The molecule has 2 heterocycles. The number of rotatable bonds is 4. The Balaban J connectivity index is 2.09. The van der Waals surface area contributed by atoms with Gasteiger partial charge in [-0.3, -0.25) is 9.48 Å². The average molecular weight is 266 g/mol. The summed E-state index contributed by atoms with van der Waals surface area (Å²) in [7, 11) is 0. The monoisotopic (exact) mass is 266 g/mol. The van der Waals surface area contributed by atoms with E-state index in [1.165, 1.54) is 11.6 Å². The van der Waals surface area contributed by atoms with Gasteiger partial charge in [0.1, 0.15) is 0 Å². The van der Waals surface area contributed by atoms with Crippen molar-refractivity contribution in [3.63, 3.8) is 0 Å². The molecule has 0 aliphatic rings. The third kappa shape index (κ3) is 2.54. The standard InChI is InChI=1S/C10H10N4O3S/c1-2-14-4-6(3-11-14)12-8(15)9-13-7(5-18-9)10(16)17/h3-5H,2H2,1H3,(H,12,15)(H,16,17). The van der Waals surface area contributed by atoms with Gasteiger partial charge in [-0.25, -0.2) is 9.78 Å². The quantitative estimate of drug-likeness (QED) is 0.869. The van der Waals surface area contributed by atoms with Crippen LogP contribution in [-0.4, -0.2) is 31.7 Å². The first-order valence-corrected chi connectivity index (χ1v) is 6.00. The molecule has 18 heavy (non-hydrogen) atoms. The topological polar surface area (TPSA) is 97.1 Å². The number of carbonyl (C=O) groups is 2. The Bertz CT molecular complexity index is 589. The Kier molecular flexibility index (Phi) is 3.38. The molecule has 0 bridgehead atoms. The van der Waals surface area contributed by atoms with Crippen LogP contribution in [0.1, 0.15) is 27.2 Å². The van der Waals surface area contributed by atoms with Crippen molar-refractivity contribution >= 4 is 28.9 Å². The number of nitrogens with one attached hydrogen (secondary N) is 1. The second-order valence-corrected chi connectivity index (χ2v) is 4.24. The van der Waals surface area contributed by atoms with E-state index in [4.69, 9.17) is 5.11 Å². The second-order valence-electron chi connectivity index (χ2n) is 3.38. The molecule has 0 spiro atoms. The van der Waals surface area contributed by atoms with Crippen molar-refractivity contribution in [2.75, 3.05) is 5.32 Å². The molecule has 2 aromatic rings. The number of carbonyl (C=O) groups excluding carboxylic acids is 1. The predicted molar refractivity (Wildman–Crippen MR) is 64.9 cm³/mol. The first-order chi connectivity index (χ1) is 8.60. The molecule has 1 amide bonds. The summed E-state index contributed by atoms with van der Waals surface area (Å²) in [4.78, 5) is 26.1. The lowest BCUT2D eigenvalue weighted by Gasteiger charge is -1.97. The van der Waals surface area contributed by atoms with Gasteiger partial charge in [0.05, 0.1) is 11.9 Å². The zero-order valence-corrected chi connectivity index (χ0v) is 10.3. The molecular formula is C10H10N4O3S. The number of amides is 1. The highest BCUT2D eigenvalue weighted by atomic mass is 32.1. The van der Waals surface area contributed by atoms with E-state index in [1.54, 1.807) is 10.9 Å². The van der Waals surface area contributed by atoms with Crippen LogP contribution < -0.4 is 5.32 Å². The van der Waals surface area contributed by atoms with Crippen LogP contribution in [0.25, 0.3) is 0 Å². The van der Waals surface area contributed by atoms with E-state index in [9.17, 15) is 9.59 Å². The number of nitrogens with zero attached hydrogens (tertiary/aromatic N) is 3. The minimum absolute atomic E-state index is 0.108. The normalized spacial score (nSPS) is 10.3. The first kappa shape index (κ1) is 12.2. The molecule has 0 aliphatic heterocycles. The molecule has 2 rings (SSSR count). The molecule has 0 fully saturated rings. The van der Waals surface area contributed by atoms with E-state index < -0.39 is 11.9 Å². The van der Waals surface area contributed by atoms with Gasteiger partial charge in [-0.15, -0.1) is 11.3 Å². The SMILES string of the molecule is CCn1cc(NC(=O)c2nc(C(=O)O)cs2)cn1. The highest BCUT2D eigenvalue weighted by molar-refractivity contribution is 7.12. The Morgan fingerprint density at radius 3 is 2.89 bits per heavy atom. The van der Waals surface area contributed by atoms with Gasteiger partial charge in [0.15, 0.2) is 10.7 Å². The number of thiazole rings is 1. The maximum absolute atomic E-state index is 11.8. The van der Waals surface area contributed by atoms with Crippen LogP contribution >= 0.6 is 11.3 Å². The minimum atomic E-state index is -1.15. The molecule has 0 radical (unpaired) electrons. The molecule has 94 valence electrons. The van der Waals surface area contributed by atoms with Gasteiger partial charge in [0.25, 0.3) is 5.91 Å². The molecule has 0 saturated carbocycles. The number of hydrogen-bond acceptors (Lipinski definition) is 5. The van der Waals surface area contributed by atoms with E-state index >= 15 is 0 Å². The number of carboxylic acid groups (broad SMARTS) is 1. The zero-order valence-electron chi connectivity index (χ0n) is 9.45. The number of anilines is 1.